The number of hydrogen-bond acceptors (Lipinski definition) is 5. The quantitative estimate of drug-likeness (QED) is 0.591. The van der Waals surface area contributed by atoms with E-state index in [-0.39, 0.29) is 17.2 Å². The molecule has 1 aliphatic heterocycles. The predicted molar refractivity (Wildman–Crippen MR) is 96.0 cm³/mol. The van der Waals surface area contributed by atoms with Gasteiger partial charge in [-0.3, -0.25) is 14.5 Å². The number of hydrogen-bond donors (Lipinski definition) is 2. The van der Waals surface area contributed by atoms with Crippen molar-refractivity contribution in [3.8, 4) is 0 Å². The first kappa shape index (κ1) is 18.2. The lowest BCUT2D eigenvalue weighted by molar-refractivity contribution is -0.145. The molecule has 0 saturated carbocycles. The van der Waals surface area contributed by atoms with Gasteiger partial charge in [-0.25, -0.2) is 4.79 Å². The highest BCUT2D eigenvalue weighted by atomic mass is 32.2. The molecule has 1 atom stereocenters. The Morgan fingerprint density at radius 3 is 2.54 bits per heavy atom. The van der Waals surface area contributed by atoms with E-state index in [4.69, 9.17) is 18.0 Å². The number of rotatable bonds is 6. The van der Waals surface area contributed by atoms with Gasteiger partial charge in [-0.15, -0.1) is 0 Å². The number of benzene rings is 1. The fourth-order valence-corrected chi connectivity index (χ4v) is 3.56. The second-order valence-corrected chi connectivity index (χ2v) is 7.00. The van der Waals surface area contributed by atoms with E-state index in [0.29, 0.717) is 4.91 Å². The molecule has 0 spiro atoms. The summed E-state index contributed by atoms with van der Waals surface area (Å²) < 4.78 is 0.162. The molecule has 1 aromatic carbocycles. The Morgan fingerprint density at radius 2 is 2.00 bits per heavy atom. The van der Waals surface area contributed by atoms with Crippen molar-refractivity contribution in [1.29, 1.82) is 0 Å². The van der Waals surface area contributed by atoms with Gasteiger partial charge in [-0.1, -0.05) is 53.8 Å². The van der Waals surface area contributed by atoms with Crippen molar-refractivity contribution in [3.63, 3.8) is 0 Å². The molecular weight excluding hydrogens is 348 g/mol. The van der Waals surface area contributed by atoms with Gasteiger partial charge in [0.05, 0.1) is 4.91 Å². The summed E-state index contributed by atoms with van der Waals surface area (Å²) in [6.45, 7) is 1.96. The molecule has 126 valence electrons. The van der Waals surface area contributed by atoms with Gasteiger partial charge in [0.15, 0.2) is 0 Å². The molecule has 0 bridgehead atoms. The second-order valence-electron chi connectivity index (χ2n) is 5.32. The van der Waals surface area contributed by atoms with E-state index in [0.717, 1.165) is 27.8 Å². The van der Waals surface area contributed by atoms with Crippen molar-refractivity contribution >= 4 is 52.2 Å². The molecule has 24 heavy (non-hydrogen) atoms. The minimum atomic E-state index is -1.22. The van der Waals surface area contributed by atoms with Gasteiger partial charge in [0.25, 0.3) is 5.91 Å². The van der Waals surface area contributed by atoms with Gasteiger partial charge in [-0.2, -0.15) is 0 Å². The van der Waals surface area contributed by atoms with Gasteiger partial charge in [0.2, 0.25) is 5.91 Å². The van der Waals surface area contributed by atoms with Crippen LogP contribution in [-0.2, 0) is 14.4 Å². The normalized spacial score (nSPS) is 17.4. The van der Waals surface area contributed by atoms with Crippen molar-refractivity contribution in [1.82, 2.24) is 4.90 Å². The zero-order valence-electron chi connectivity index (χ0n) is 12.9. The highest BCUT2D eigenvalue weighted by Crippen LogP contribution is 2.34. The molecule has 8 heteroatoms. The van der Waals surface area contributed by atoms with Crippen LogP contribution in [0.2, 0.25) is 0 Å². The van der Waals surface area contributed by atoms with Gasteiger partial charge >= 0.3 is 5.97 Å². The third kappa shape index (κ3) is 4.21. The van der Waals surface area contributed by atoms with Gasteiger partial charge < -0.3 is 10.8 Å². The summed E-state index contributed by atoms with van der Waals surface area (Å²) in [7, 11) is 0. The number of thioether (sulfide) groups is 1. The molecule has 1 aromatic rings. The first-order valence-electron chi connectivity index (χ1n) is 7.14. The summed E-state index contributed by atoms with van der Waals surface area (Å²) in [6.07, 6.45) is 1.46. The Bertz CT molecular complexity index is 728. The van der Waals surface area contributed by atoms with Crippen LogP contribution in [0.1, 0.15) is 24.0 Å². The van der Waals surface area contributed by atoms with Crippen molar-refractivity contribution in [2.75, 3.05) is 0 Å². The number of amides is 2. The molecule has 2 amide bonds. The van der Waals surface area contributed by atoms with Crippen LogP contribution in [0.25, 0.3) is 6.08 Å². The number of aliphatic carboxylic acids is 1. The zero-order chi connectivity index (χ0) is 17.9. The molecule has 1 heterocycles. The number of carboxylic acids is 1. The van der Waals surface area contributed by atoms with E-state index >= 15 is 0 Å². The van der Waals surface area contributed by atoms with E-state index < -0.39 is 23.8 Å². The molecule has 1 unspecified atom stereocenters. The fourth-order valence-electron chi connectivity index (χ4n) is 2.20. The van der Waals surface area contributed by atoms with Crippen LogP contribution in [-0.4, -0.2) is 38.2 Å². The minimum Gasteiger partial charge on any atom is -0.480 e. The van der Waals surface area contributed by atoms with Crippen LogP contribution < -0.4 is 5.73 Å². The monoisotopic (exact) mass is 364 g/mol. The van der Waals surface area contributed by atoms with E-state index in [1.54, 1.807) is 6.08 Å². The maximum Gasteiger partial charge on any atom is 0.326 e. The van der Waals surface area contributed by atoms with E-state index in [1.807, 2.05) is 31.2 Å². The Kier molecular flexibility index (Phi) is 5.74. The molecule has 0 radical (unpaired) electrons. The maximum absolute atomic E-state index is 12.5. The predicted octanol–water partition coefficient (Wildman–Crippen LogP) is 1.91. The van der Waals surface area contributed by atoms with Crippen LogP contribution in [0.5, 0.6) is 0 Å². The maximum atomic E-state index is 12.5. The highest BCUT2D eigenvalue weighted by Gasteiger charge is 2.40. The minimum absolute atomic E-state index is 0.0745. The molecular formula is C16H16N2O4S2. The lowest BCUT2D eigenvalue weighted by atomic mass is 10.1. The van der Waals surface area contributed by atoms with Crippen LogP contribution >= 0.6 is 24.0 Å². The number of carboxylic acid groups (broad SMARTS) is 1. The van der Waals surface area contributed by atoms with Crippen LogP contribution in [0.3, 0.4) is 0 Å². The van der Waals surface area contributed by atoms with Crippen molar-refractivity contribution in [2.24, 2.45) is 5.73 Å². The first-order valence-corrected chi connectivity index (χ1v) is 8.37. The number of primary amides is 1. The van der Waals surface area contributed by atoms with E-state index in [9.17, 15) is 19.5 Å². The lowest BCUT2D eigenvalue weighted by Crippen LogP contribution is -2.44. The Labute approximate surface area is 148 Å². The molecule has 1 saturated heterocycles. The highest BCUT2D eigenvalue weighted by molar-refractivity contribution is 8.26. The first-order chi connectivity index (χ1) is 11.3. The Hall–Kier alpha value is -2.19. The summed E-state index contributed by atoms with van der Waals surface area (Å²) >= 11 is 6.20. The van der Waals surface area contributed by atoms with Gasteiger partial charge in [0, 0.05) is 6.42 Å². The van der Waals surface area contributed by atoms with Crippen LogP contribution in [0.15, 0.2) is 29.2 Å². The molecule has 1 aliphatic rings. The zero-order valence-corrected chi connectivity index (χ0v) is 14.5. The SMILES string of the molecule is Cc1ccc(/C=C2\SC(=S)N(C(CCC(N)=O)C(=O)O)C2=O)cc1. The number of thiocarbonyl (C=S) groups is 1. The third-order valence-corrected chi connectivity index (χ3v) is 4.79. The molecule has 0 aliphatic carbocycles. The number of carbonyl (C=O) groups excluding carboxylic acids is 2. The molecule has 2 rings (SSSR count). The van der Waals surface area contributed by atoms with Gasteiger partial charge in [0.1, 0.15) is 10.4 Å². The number of nitrogens with zero attached hydrogens (tertiary/aromatic N) is 1. The standard InChI is InChI=1S/C16H16N2O4S2/c1-9-2-4-10(5-3-9)8-12-14(20)18(16(23)24-12)11(15(21)22)6-7-13(17)19/h2-5,8,11H,6-7H2,1H3,(H2,17,19)(H,21,22)/b12-8-. The van der Waals surface area contributed by atoms with Crippen LogP contribution in [0.4, 0.5) is 0 Å². The molecule has 0 aromatic heterocycles. The average molecular weight is 364 g/mol. The Balaban J connectivity index is 2.24. The van der Waals surface area contributed by atoms with Crippen molar-refractivity contribution in [3.05, 3.63) is 40.3 Å². The van der Waals surface area contributed by atoms with Crippen LogP contribution in [0, 0.1) is 6.92 Å². The van der Waals surface area contributed by atoms with E-state index in [2.05, 4.69) is 0 Å². The van der Waals surface area contributed by atoms with Gasteiger partial charge in [-0.05, 0) is 25.0 Å². The molecule has 1 fully saturated rings. The van der Waals surface area contributed by atoms with E-state index in [1.165, 1.54) is 0 Å². The summed E-state index contributed by atoms with van der Waals surface area (Å²) in [5.41, 5.74) is 6.98. The fraction of sp³-hybridized carbons (Fsp3) is 0.250. The molecule has 6 nitrogen and oxygen atoms in total. The average Bonchev–Trinajstić information content (AvgIpc) is 2.77. The second kappa shape index (κ2) is 7.59. The summed E-state index contributed by atoms with van der Waals surface area (Å²) in [6, 6.07) is 6.36. The smallest absolute Gasteiger partial charge is 0.326 e. The third-order valence-electron chi connectivity index (χ3n) is 3.46. The largest absolute Gasteiger partial charge is 0.480 e. The number of nitrogens with two attached hydrogens (primary N) is 1. The number of aryl methyl sites for hydroxylation is 1. The summed E-state index contributed by atoms with van der Waals surface area (Å²) in [4.78, 5) is 36.3. The lowest BCUT2D eigenvalue weighted by Gasteiger charge is -2.22. The Morgan fingerprint density at radius 1 is 1.38 bits per heavy atom. The van der Waals surface area contributed by atoms with Crippen molar-refractivity contribution in [2.45, 2.75) is 25.8 Å². The summed E-state index contributed by atoms with van der Waals surface area (Å²) in [5.74, 6) is -2.31. The summed E-state index contributed by atoms with van der Waals surface area (Å²) in [5, 5.41) is 9.35. The number of carbonyl (C=O) groups is 3. The molecule has 3 N–H and O–H groups in total. The topological polar surface area (TPSA) is 101 Å². The van der Waals surface area contributed by atoms with Crippen molar-refractivity contribution < 1.29 is 19.5 Å².